The van der Waals surface area contributed by atoms with Crippen LogP contribution in [-0.2, 0) is 11.2 Å². The Morgan fingerprint density at radius 1 is 1.20 bits per heavy atom. The van der Waals surface area contributed by atoms with Crippen LogP contribution in [0.3, 0.4) is 0 Å². The monoisotopic (exact) mass is 208 g/mol. The van der Waals surface area contributed by atoms with Crippen LogP contribution >= 0.6 is 0 Å². The molecule has 3 heteroatoms. The van der Waals surface area contributed by atoms with Gasteiger partial charge in [0, 0.05) is 12.6 Å². The Hall–Kier alpha value is -1.38. The highest BCUT2D eigenvalue weighted by Gasteiger charge is 2.13. The van der Waals surface area contributed by atoms with Gasteiger partial charge in [-0.3, -0.25) is 4.79 Å². The van der Waals surface area contributed by atoms with E-state index in [1.807, 2.05) is 39.8 Å². The zero-order valence-electron chi connectivity index (χ0n) is 10.0. The standard InChI is InChI=1S/C8H8N2O.2C2H6/c11-7-4-3-6-2-1-5-9-8(6)10-7;2*1-2/h1-2,5H,3-4H2,(H,9,10,11);2*1-2H3. The number of amides is 1. The molecule has 2 heterocycles. The van der Waals surface area contributed by atoms with Gasteiger partial charge in [0.2, 0.25) is 5.91 Å². The SMILES string of the molecule is CC.CC.O=C1CCc2cccnc2N1. The summed E-state index contributed by atoms with van der Waals surface area (Å²) in [5.74, 6) is 0.792. The van der Waals surface area contributed by atoms with Crippen molar-refractivity contribution in [3.8, 4) is 0 Å². The van der Waals surface area contributed by atoms with E-state index < -0.39 is 0 Å². The van der Waals surface area contributed by atoms with E-state index in [4.69, 9.17) is 0 Å². The summed E-state index contributed by atoms with van der Waals surface area (Å²) in [6.07, 6.45) is 3.08. The van der Waals surface area contributed by atoms with Gasteiger partial charge < -0.3 is 5.32 Å². The molecule has 0 atom stereocenters. The third kappa shape index (κ3) is 4.11. The first-order valence-corrected chi connectivity index (χ1v) is 5.60. The molecule has 0 aromatic carbocycles. The average molecular weight is 208 g/mol. The van der Waals surface area contributed by atoms with E-state index in [9.17, 15) is 4.79 Å². The van der Waals surface area contributed by atoms with E-state index >= 15 is 0 Å². The minimum Gasteiger partial charge on any atom is -0.310 e. The van der Waals surface area contributed by atoms with Crippen LogP contribution in [-0.4, -0.2) is 10.9 Å². The predicted octanol–water partition coefficient (Wildman–Crippen LogP) is 3.02. The molecule has 15 heavy (non-hydrogen) atoms. The molecule has 84 valence electrons. The number of rotatable bonds is 0. The lowest BCUT2D eigenvalue weighted by Crippen LogP contribution is -2.19. The van der Waals surface area contributed by atoms with Gasteiger partial charge in [-0.1, -0.05) is 33.8 Å². The maximum absolute atomic E-state index is 10.9. The van der Waals surface area contributed by atoms with Crippen LogP contribution in [0.15, 0.2) is 18.3 Å². The number of anilines is 1. The Balaban J connectivity index is 0.000000442. The highest BCUT2D eigenvalue weighted by molar-refractivity contribution is 5.92. The van der Waals surface area contributed by atoms with Crippen molar-refractivity contribution in [2.24, 2.45) is 0 Å². The lowest BCUT2D eigenvalue weighted by Gasteiger charge is -2.13. The average Bonchev–Trinajstić information content (AvgIpc) is 2.34. The first-order valence-electron chi connectivity index (χ1n) is 5.60. The minimum atomic E-state index is 0.0659. The van der Waals surface area contributed by atoms with Crippen LogP contribution < -0.4 is 5.32 Å². The number of hydrogen-bond acceptors (Lipinski definition) is 2. The Labute approximate surface area is 91.9 Å². The number of fused-ring (bicyclic) bond motifs is 1. The van der Waals surface area contributed by atoms with Gasteiger partial charge in [0.25, 0.3) is 0 Å². The zero-order chi connectivity index (χ0) is 11.7. The van der Waals surface area contributed by atoms with E-state index in [0.29, 0.717) is 6.42 Å². The molecule has 0 saturated heterocycles. The third-order valence-electron chi connectivity index (χ3n) is 1.77. The van der Waals surface area contributed by atoms with E-state index in [2.05, 4.69) is 10.3 Å². The number of aromatic nitrogens is 1. The second-order valence-electron chi connectivity index (χ2n) is 2.56. The van der Waals surface area contributed by atoms with E-state index in [1.54, 1.807) is 6.20 Å². The first-order chi connectivity index (χ1) is 7.36. The smallest absolute Gasteiger partial charge is 0.225 e. The molecule has 0 saturated carbocycles. The molecule has 0 unspecified atom stereocenters. The van der Waals surface area contributed by atoms with E-state index in [-0.39, 0.29) is 5.91 Å². The number of carbonyl (C=O) groups excluding carboxylic acids is 1. The molecular formula is C12H20N2O. The summed E-state index contributed by atoms with van der Waals surface area (Å²) in [7, 11) is 0. The van der Waals surface area contributed by atoms with Crippen molar-refractivity contribution in [1.82, 2.24) is 4.98 Å². The molecule has 1 N–H and O–H groups in total. The van der Waals surface area contributed by atoms with Crippen molar-refractivity contribution in [3.05, 3.63) is 23.9 Å². The molecule has 2 rings (SSSR count). The van der Waals surface area contributed by atoms with Crippen molar-refractivity contribution in [1.29, 1.82) is 0 Å². The van der Waals surface area contributed by atoms with Crippen LogP contribution in [0.2, 0.25) is 0 Å². The highest BCUT2D eigenvalue weighted by atomic mass is 16.1. The minimum absolute atomic E-state index is 0.0659. The topological polar surface area (TPSA) is 42.0 Å². The van der Waals surface area contributed by atoms with Gasteiger partial charge in [0.1, 0.15) is 5.82 Å². The number of hydrogen-bond donors (Lipinski definition) is 1. The lowest BCUT2D eigenvalue weighted by molar-refractivity contribution is -0.116. The second-order valence-corrected chi connectivity index (χ2v) is 2.56. The summed E-state index contributed by atoms with van der Waals surface area (Å²) < 4.78 is 0. The number of nitrogens with zero attached hydrogens (tertiary/aromatic N) is 1. The maximum Gasteiger partial charge on any atom is 0.225 e. The van der Waals surface area contributed by atoms with Gasteiger partial charge >= 0.3 is 0 Å². The van der Waals surface area contributed by atoms with Crippen LogP contribution in [0.4, 0.5) is 5.82 Å². The van der Waals surface area contributed by atoms with Gasteiger partial charge in [0.05, 0.1) is 0 Å². The molecule has 0 radical (unpaired) electrons. The van der Waals surface area contributed by atoms with Crippen molar-refractivity contribution in [2.45, 2.75) is 40.5 Å². The van der Waals surface area contributed by atoms with Gasteiger partial charge in [-0.2, -0.15) is 0 Å². The van der Waals surface area contributed by atoms with Crippen molar-refractivity contribution in [2.75, 3.05) is 5.32 Å². The van der Waals surface area contributed by atoms with E-state index in [1.165, 1.54) is 0 Å². The summed E-state index contributed by atoms with van der Waals surface area (Å²) in [6, 6.07) is 3.87. The predicted molar refractivity (Wildman–Crippen MR) is 63.9 cm³/mol. The van der Waals surface area contributed by atoms with Gasteiger partial charge in [0.15, 0.2) is 0 Å². The quantitative estimate of drug-likeness (QED) is 0.712. The fraction of sp³-hybridized carbons (Fsp3) is 0.500. The lowest BCUT2D eigenvalue weighted by atomic mass is 10.1. The van der Waals surface area contributed by atoms with E-state index in [0.717, 1.165) is 17.8 Å². The molecular weight excluding hydrogens is 188 g/mol. The van der Waals surface area contributed by atoms with Crippen LogP contribution in [0.5, 0.6) is 0 Å². The number of nitrogens with one attached hydrogen (secondary N) is 1. The highest BCUT2D eigenvalue weighted by Crippen LogP contribution is 2.17. The molecule has 1 aliphatic rings. The van der Waals surface area contributed by atoms with Crippen molar-refractivity contribution >= 4 is 11.7 Å². The fourth-order valence-corrected chi connectivity index (χ4v) is 1.20. The second kappa shape index (κ2) is 7.97. The molecule has 0 fully saturated rings. The summed E-state index contributed by atoms with van der Waals surface area (Å²) in [5.41, 5.74) is 1.13. The number of aryl methyl sites for hydroxylation is 1. The van der Waals surface area contributed by atoms with Gasteiger partial charge in [-0.05, 0) is 18.1 Å². The number of pyridine rings is 1. The molecule has 1 aromatic heterocycles. The van der Waals surface area contributed by atoms with Crippen molar-refractivity contribution < 1.29 is 4.79 Å². The maximum atomic E-state index is 10.9. The Morgan fingerprint density at radius 2 is 1.87 bits per heavy atom. The first kappa shape index (κ1) is 13.6. The molecule has 0 bridgehead atoms. The summed E-state index contributed by atoms with van der Waals surface area (Å²) in [4.78, 5) is 14.9. The fourth-order valence-electron chi connectivity index (χ4n) is 1.20. The number of carbonyl (C=O) groups is 1. The Bertz CT molecular complexity index is 297. The van der Waals surface area contributed by atoms with Crippen LogP contribution in [0.1, 0.15) is 39.7 Å². The summed E-state index contributed by atoms with van der Waals surface area (Å²) >= 11 is 0. The molecule has 0 aliphatic carbocycles. The third-order valence-corrected chi connectivity index (χ3v) is 1.77. The van der Waals surface area contributed by atoms with Gasteiger partial charge in [-0.15, -0.1) is 0 Å². The van der Waals surface area contributed by atoms with Crippen molar-refractivity contribution in [3.63, 3.8) is 0 Å². The molecule has 1 aromatic rings. The summed E-state index contributed by atoms with van der Waals surface area (Å²) in [5, 5.41) is 2.71. The molecule has 1 aliphatic heterocycles. The van der Waals surface area contributed by atoms with Crippen LogP contribution in [0.25, 0.3) is 0 Å². The molecule has 1 amide bonds. The zero-order valence-corrected chi connectivity index (χ0v) is 10.0. The van der Waals surface area contributed by atoms with Crippen LogP contribution in [0, 0.1) is 0 Å². The Kier molecular flexibility index (Phi) is 7.24. The Morgan fingerprint density at radius 3 is 2.53 bits per heavy atom. The largest absolute Gasteiger partial charge is 0.310 e. The summed E-state index contributed by atoms with van der Waals surface area (Å²) in [6.45, 7) is 8.00. The normalized spacial score (nSPS) is 12.1. The van der Waals surface area contributed by atoms with Gasteiger partial charge in [-0.25, -0.2) is 4.98 Å². The molecule has 3 nitrogen and oxygen atoms in total. The molecule has 0 spiro atoms.